The van der Waals surface area contributed by atoms with Crippen LogP contribution in [0.15, 0.2) is 12.7 Å². The molecule has 0 bridgehead atoms. The van der Waals surface area contributed by atoms with E-state index in [4.69, 9.17) is 9.84 Å². The van der Waals surface area contributed by atoms with E-state index in [1.54, 1.807) is 19.9 Å². The van der Waals surface area contributed by atoms with Crippen LogP contribution in [-0.4, -0.2) is 36.7 Å². The molecule has 0 heterocycles. The van der Waals surface area contributed by atoms with Crippen molar-refractivity contribution in [1.29, 1.82) is 0 Å². The van der Waals surface area contributed by atoms with Gasteiger partial charge in [0.25, 0.3) is 0 Å². The summed E-state index contributed by atoms with van der Waals surface area (Å²) in [6.45, 7) is 8.21. The quantitative estimate of drug-likeness (QED) is 0.460. The number of carboxylic acids is 1. The zero-order chi connectivity index (χ0) is 14.0. The Morgan fingerprint density at radius 3 is 2.67 bits per heavy atom. The van der Waals surface area contributed by atoms with Crippen LogP contribution in [0.2, 0.25) is 0 Å². The number of ether oxygens (including phenoxy) is 1. The summed E-state index contributed by atoms with van der Waals surface area (Å²) in [5, 5.41) is 11.6. The number of carbonyl (C=O) groups is 2. The predicted octanol–water partition coefficient (Wildman–Crippen LogP) is 1.59. The minimum atomic E-state index is -0.852. The number of rotatable bonds is 10. The van der Waals surface area contributed by atoms with E-state index in [-0.39, 0.29) is 5.91 Å². The van der Waals surface area contributed by atoms with E-state index in [0.29, 0.717) is 39.0 Å². The Hall–Kier alpha value is -1.36. The Balaban J connectivity index is 3.59. The molecule has 0 aromatic carbocycles. The fourth-order valence-corrected chi connectivity index (χ4v) is 1.21. The lowest BCUT2D eigenvalue weighted by Crippen LogP contribution is -2.31. The lowest BCUT2D eigenvalue weighted by atomic mass is 9.90. The van der Waals surface area contributed by atoms with Gasteiger partial charge in [-0.25, -0.2) is 0 Å². The number of carbonyl (C=O) groups excluding carboxylic acids is 1. The molecule has 18 heavy (non-hydrogen) atoms. The van der Waals surface area contributed by atoms with Crippen LogP contribution in [-0.2, 0) is 14.3 Å². The van der Waals surface area contributed by atoms with Crippen molar-refractivity contribution >= 4 is 11.9 Å². The average molecular weight is 257 g/mol. The average Bonchev–Trinajstić information content (AvgIpc) is 2.28. The minimum absolute atomic E-state index is 0.0709. The summed E-state index contributed by atoms with van der Waals surface area (Å²) >= 11 is 0. The summed E-state index contributed by atoms with van der Waals surface area (Å²) in [5.74, 6) is -0.923. The first kappa shape index (κ1) is 16.6. The van der Waals surface area contributed by atoms with Gasteiger partial charge >= 0.3 is 5.97 Å². The number of aliphatic carboxylic acids is 1. The predicted molar refractivity (Wildman–Crippen MR) is 69.3 cm³/mol. The van der Waals surface area contributed by atoms with Crippen molar-refractivity contribution in [3.05, 3.63) is 12.7 Å². The van der Waals surface area contributed by atoms with Gasteiger partial charge in [-0.3, -0.25) is 9.59 Å². The van der Waals surface area contributed by atoms with Gasteiger partial charge in [-0.15, -0.1) is 6.58 Å². The molecular weight excluding hydrogens is 234 g/mol. The van der Waals surface area contributed by atoms with Gasteiger partial charge in [0.2, 0.25) is 5.91 Å². The molecule has 0 fully saturated rings. The molecule has 0 unspecified atom stereocenters. The lowest BCUT2D eigenvalue weighted by Gasteiger charge is -2.18. The molecule has 5 nitrogen and oxygen atoms in total. The van der Waals surface area contributed by atoms with E-state index in [1.165, 1.54) is 0 Å². The summed E-state index contributed by atoms with van der Waals surface area (Å²) in [7, 11) is 0. The Labute approximate surface area is 108 Å². The number of hydrogen-bond acceptors (Lipinski definition) is 3. The van der Waals surface area contributed by atoms with Crippen LogP contribution in [0.3, 0.4) is 0 Å². The summed E-state index contributed by atoms with van der Waals surface area (Å²) in [5.41, 5.74) is -0.805. The standard InChI is InChI=1S/C13H23NO4/c1-4-9-18-10-5-6-11(15)14-8-7-13(2,3)12(16)17/h4H,1,5-10H2,2-3H3,(H,14,15)(H,16,17). The first-order chi connectivity index (χ1) is 8.40. The maximum atomic E-state index is 11.4. The van der Waals surface area contributed by atoms with Crippen molar-refractivity contribution < 1.29 is 19.4 Å². The summed E-state index contributed by atoms with van der Waals surface area (Å²) < 4.78 is 5.15. The van der Waals surface area contributed by atoms with Gasteiger partial charge in [-0.05, 0) is 26.7 Å². The van der Waals surface area contributed by atoms with Gasteiger partial charge in [0.15, 0.2) is 0 Å². The maximum Gasteiger partial charge on any atom is 0.309 e. The van der Waals surface area contributed by atoms with Crippen LogP contribution < -0.4 is 5.32 Å². The van der Waals surface area contributed by atoms with Crippen LogP contribution in [0.1, 0.15) is 33.1 Å². The van der Waals surface area contributed by atoms with Gasteiger partial charge in [0.1, 0.15) is 0 Å². The second kappa shape index (κ2) is 8.69. The van der Waals surface area contributed by atoms with Crippen LogP contribution in [0.4, 0.5) is 0 Å². The van der Waals surface area contributed by atoms with Crippen LogP contribution in [0, 0.1) is 5.41 Å². The number of amides is 1. The van der Waals surface area contributed by atoms with E-state index in [2.05, 4.69) is 11.9 Å². The molecule has 1 amide bonds. The fourth-order valence-electron chi connectivity index (χ4n) is 1.21. The first-order valence-corrected chi connectivity index (χ1v) is 6.09. The summed E-state index contributed by atoms with van der Waals surface area (Å²) in [4.78, 5) is 22.2. The molecule has 0 aliphatic rings. The second-order valence-electron chi connectivity index (χ2n) is 4.76. The van der Waals surface area contributed by atoms with E-state index in [0.717, 1.165) is 0 Å². The van der Waals surface area contributed by atoms with Crippen LogP contribution >= 0.6 is 0 Å². The van der Waals surface area contributed by atoms with Crippen molar-refractivity contribution in [3.8, 4) is 0 Å². The molecule has 104 valence electrons. The number of carboxylic acid groups (broad SMARTS) is 1. The molecule has 0 rings (SSSR count). The number of hydrogen-bond donors (Lipinski definition) is 2. The Kier molecular flexibility index (Phi) is 8.03. The minimum Gasteiger partial charge on any atom is -0.481 e. The molecule has 0 saturated heterocycles. The van der Waals surface area contributed by atoms with Gasteiger partial charge in [0, 0.05) is 19.6 Å². The molecule has 0 aromatic rings. The van der Waals surface area contributed by atoms with Crippen molar-refractivity contribution in [2.45, 2.75) is 33.1 Å². The zero-order valence-corrected chi connectivity index (χ0v) is 11.2. The maximum absolute atomic E-state index is 11.4. The van der Waals surface area contributed by atoms with Crippen molar-refractivity contribution in [2.75, 3.05) is 19.8 Å². The molecular formula is C13H23NO4. The lowest BCUT2D eigenvalue weighted by molar-refractivity contribution is -0.147. The fraction of sp³-hybridized carbons (Fsp3) is 0.692. The second-order valence-corrected chi connectivity index (χ2v) is 4.76. The molecule has 0 saturated carbocycles. The molecule has 0 radical (unpaired) electrons. The van der Waals surface area contributed by atoms with Crippen molar-refractivity contribution in [2.24, 2.45) is 5.41 Å². The van der Waals surface area contributed by atoms with Gasteiger partial charge in [0.05, 0.1) is 12.0 Å². The summed E-state index contributed by atoms with van der Waals surface area (Å²) in [6.07, 6.45) is 3.13. The SMILES string of the molecule is C=CCOCCCC(=O)NCCC(C)(C)C(=O)O. The molecule has 0 atom stereocenters. The highest BCUT2D eigenvalue weighted by atomic mass is 16.5. The Bertz CT molecular complexity index is 287. The van der Waals surface area contributed by atoms with Crippen molar-refractivity contribution in [1.82, 2.24) is 5.32 Å². The van der Waals surface area contributed by atoms with E-state index in [9.17, 15) is 9.59 Å². The van der Waals surface area contributed by atoms with Gasteiger partial charge in [-0.2, -0.15) is 0 Å². The molecule has 0 spiro atoms. The zero-order valence-electron chi connectivity index (χ0n) is 11.2. The Morgan fingerprint density at radius 2 is 2.11 bits per heavy atom. The highest BCUT2D eigenvalue weighted by molar-refractivity contribution is 5.76. The third kappa shape index (κ3) is 7.84. The summed E-state index contributed by atoms with van der Waals surface area (Å²) in [6, 6.07) is 0. The van der Waals surface area contributed by atoms with E-state index >= 15 is 0 Å². The topological polar surface area (TPSA) is 75.6 Å². The third-order valence-electron chi connectivity index (χ3n) is 2.58. The Morgan fingerprint density at radius 1 is 1.44 bits per heavy atom. The molecule has 0 aliphatic heterocycles. The highest BCUT2D eigenvalue weighted by Gasteiger charge is 2.26. The van der Waals surface area contributed by atoms with E-state index < -0.39 is 11.4 Å². The highest BCUT2D eigenvalue weighted by Crippen LogP contribution is 2.19. The smallest absolute Gasteiger partial charge is 0.309 e. The van der Waals surface area contributed by atoms with Crippen molar-refractivity contribution in [3.63, 3.8) is 0 Å². The normalized spacial score (nSPS) is 11.0. The number of nitrogens with one attached hydrogen (secondary N) is 1. The molecule has 0 aliphatic carbocycles. The van der Waals surface area contributed by atoms with Crippen LogP contribution in [0.5, 0.6) is 0 Å². The first-order valence-electron chi connectivity index (χ1n) is 6.09. The third-order valence-corrected chi connectivity index (χ3v) is 2.58. The van der Waals surface area contributed by atoms with Crippen LogP contribution in [0.25, 0.3) is 0 Å². The van der Waals surface area contributed by atoms with E-state index in [1.807, 2.05) is 0 Å². The molecule has 0 aromatic heterocycles. The monoisotopic (exact) mass is 257 g/mol. The van der Waals surface area contributed by atoms with Gasteiger partial charge < -0.3 is 15.2 Å². The molecule has 5 heteroatoms. The molecule has 2 N–H and O–H groups in total. The largest absolute Gasteiger partial charge is 0.481 e. The van der Waals surface area contributed by atoms with Gasteiger partial charge in [-0.1, -0.05) is 6.08 Å².